The van der Waals surface area contributed by atoms with E-state index in [9.17, 15) is 4.79 Å². The van der Waals surface area contributed by atoms with Crippen LogP contribution in [0.4, 0.5) is 0 Å². The molecule has 4 rings (SSSR count). The molecular weight excluding hydrogens is 276 g/mol. The lowest BCUT2D eigenvalue weighted by Gasteiger charge is -2.36. The molecule has 2 aliphatic rings. The van der Waals surface area contributed by atoms with Crippen LogP contribution in [0.25, 0.3) is 11.1 Å². The molecule has 2 aromatic rings. The van der Waals surface area contributed by atoms with E-state index in [-0.39, 0.29) is 5.91 Å². The van der Waals surface area contributed by atoms with Crippen LogP contribution < -0.4 is 10.1 Å². The molecule has 0 aromatic heterocycles. The maximum atomic E-state index is 11.8. The van der Waals surface area contributed by atoms with E-state index < -0.39 is 0 Å². The third-order valence-corrected chi connectivity index (χ3v) is 4.31. The number of fused-ring (bicyclic) bond motifs is 1. The normalized spacial score (nSPS) is 17.8. The average molecular weight is 294 g/mol. The van der Waals surface area contributed by atoms with Crippen LogP contribution >= 0.6 is 0 Å². The van der Waals surface area contributed by atoms with Crippen LogP contribution in [-0.4, -0.2) is 37.0 Å². The second-order valence-electron chi connectivity index (χ2n) is 6.04. The predicted molar refractivity (Wildman–Crippen MR) is 85.0 cm³/mol. The minimum atomic E-state index is 0.0194. The first-order valence-electron chi connectivity index (χ1n) is 7.56. The van der Waals surface area contributed by atoms with Gasteiger partial charge in [-0.1, -0.05) is 24.3 Å². The summed E-state index contributed by atoms with van der Waals surface area (Å²) >= 11 is 0. The third kappa shape index (κ3) is 2.35. The van der Waals surface area contributed by atoms with Gasteiger partial charge in [0.25, 0.3) is 5.91 Å². The van der Waals surface area contributed by atoms with E-state index in [1.807, 2.05) is 36.4 Å². The molecule has 4 nitrogen and oxygen atoms in total. The molecule has 112 valence electrons. The van der Waals surface area contributed by atoms with Gasteiger partial charge in [-0.2, -0.15) is 0 Å². The Kier molecular flexibility index (Phi) is 3.12. The van der Waals surface area contributed by atoms with E-state index in [0.717, 1.165) is 41.1 Å². The number of benzene rings is 2. The zero-order valence-electron chi connectivity index (χ0n) is 12.5. The number of nitrogens with zero attached hydrogens (tertiary/aromatic N) is 1. The van der Waals surface area contributed by atoms with Crippen molar-refractivity contribution in [3.8, 4) is 16.9 Å². The van der Waals surface area contributed by atoms with Crippen molar-refractivity contribution in [3.05, 3.63) is 53.6 Å². The number of rotatable bonds is 3. The maximum Gasteiger partial charge on any atom is 0.251 e. The van der Waals surface area contributed by atoms with E-state index in [2.05, 4.69) is 23.3 Å². The highest BCUT2D eigenvalue weighted by Gasteiger charge is 2.24. The number of carbonyl (C=O) groups is 1. The van der Waals surface area contributed by atoms with Crippen molar-refractivity contribution in [2.24, 2.45) is 0 Å². The molecule has 22 heavy (non-hydrogen) atoms. The molecular formula is C18H18N2O2. The number of ether oxygens (including phenoxy) is 1. The quantitative estimate of drug-likeness (QED) is 0.944. The molecule has 1 N–H and O–H groups in total. The highest BCUT2D eigenvalue weighted by molar-refractivity contribution is 5.99. The number of likely N-dealkylation sites (N-methyl/N-ethyl adjacent to an activating group) is 1. The summed E-state index contributed by atoms with van der Waals surface area (Å²) in [7, 11) is 2.09. The largest absolute Gasteiger partial charge is 0.488 e. The van der Waals surface area contributed by atoms with Crippen LogP contribution in [0.1, 0.15) is 15.9 Å². The predicted octanol–water partition coefficient (Wildman–Crippen LogP) is 2.29. The van der Waals surface area contributed by atoms with Gasteiger partial charge in [-0.15, -0.1) is 0 Å². The summed E-state index contributed by atoms with van der Waals surface area (Å²) in [5.41, 5.74) is 4.02. The van der Waals surface area contributed by atoms with Gasteiger partial charge in [0, 0.05) is 25.2 Å². The fraction of sp³-hybridized carbons (Fsp3) is 0.278. The van der Waals surface area contributed by atoms with Crippen molar-refractivity contribution in [2.75, 3.05) is 20.1 Å². The smallest absolute Gasteiger partial charge is 0.251 e. The molecule has 0 aliphatic carbocycles. The van der Waals surface area contributed by atoms with E-state index in [1.165, 1.54) is 0 Å². The molecule has 0 bridgehead atoms. The van der Waals surface area contributed by atoms with Crippen molar-refractivity contribution in [1.82, 2.24) is 10.2 Å². The summed E-state index contributed by atoms with van der Waals surface area (Å²) in [4.78, 5) is 14.0. The van der Waals surface area contributed by atoms with Gasteiger partial charge in [0.15, 0.2) is 0 Å². The van der Waals surface area contributed by atoms with Gasteiger partial charge in [-0.3, -0.25) is 9.69 Å². The SMILES string of the molecule is CN1CC(Oc2ccc(-c3ccc4c(c3)C(=O)NC4)cc2)C1. The van der Waals surface area contributed by atoms with E-state index >= 15 is 0 Å². The van der Waals surface area contributed by atoms with Gasteiger partial charge in [0.1, 0.15) is 11.9 Å². The second kappa shape index (κ2) is 5.14. The Hall–Kier alpha value is -2.33. The molecule has 0 unspecified atom stereocenters. The summed E-state index contributed by atoms with van der Waals surface area (Å²) in [5, 5.41) is 2.85. The summed E-state index contributed by atoms with van der Waals surface area (Å²) in [6, 6.07) is 14.2. The lowest BCUT2D eigenvalue weighted by molar-refractivity contribution is 0.0388. The topological polar surface area (TPSA) is 41.6 Å². The first kappa shape index (κ1) is 13.3. The van der Waals surface area contributed by atoms with Crippen LogP contribution in [0.5, 0.6) is 5.75 Å². The minimum Gasteiger partial charge on any atom is -0.488 e. The molecule has 0 radical (unpaired) electrons. The summed E-state index contributed by atoms with van der Waals surface area (Å²) in [6.07, 6.45) is 0.305. The van der Waals surface area contributed by atoms with Crippen LogP contribution in [0.3, 0.4) is 0 Å². The second-order valence-corrected chi connectivity index (χ2v) is 6.04. The third-order valence-electron chi connectivity index (χ3n) is 4.31. The lowest BCUT2D eigenvalue weighted by Crippen LogP contribution is -2.51. The van der Waals surface area contributed by atoms with Crippen LogP contribution in [-0.2, 0) is 6.54 Å². The van der Waals surface area contributed by atoms with Gasteiger partial charge in [-0.05, 0) is 41.9 Å². The van der Waals surface area contributed by atoms with Crippen molar-refractivity contribution in [2.45, 2.75) is 12.6 Å². The molecule has 0 saturated carbocycles. The van der Waals surface area contributed by atoms with Gasteiger partial charge in [0.05, 0.1) is 0 Å². The standard InChI is InChI=1S/C18H18N2O2/c1-20-10-16(11-20)22-15-6-4-12(5-7-15)13-2-3-14-9-19-18(21)17(14)8-13/h2-8,16H,9-11H2,1H3,(H,19,21). The minimum absolute atomic E-state index is 0.0194. The zero-order valence-corrected chi connectivity index (χ0v) is 12.5. The molecule has 1 fully saturated rings. The highest BCUT2D eigenvalue weighted by atomic mass is 16.5. The van der Waals surface area contributed by atoms with Crippen LogP contribution in [0.2, 0.25) is 0 Å². The first-order valence-corrected chi connectivity index (χ1v) is 7.56. The van der Waals surface area contributed by atoms with E-state index in [4.69, 9.17) is 4.74 Å². The Morgan fingerprint density at radius 1 is 1.09 bits per heavy atom. The lowest BCUT2D eigenvalue weighted by atomic mass is 10.0. The van der Waals surface area contributed by atoms with Crippen molar-refractivity contribution >= 4 is 5.91 Å². The molecule has 0 spiro atoms. The highest BCUT2D eigenvalue weighted by Crippen LogP contribution is 2.27. The molecule has 2 aromatic carbocycles. The maximum absolute atomic E-state index is 11.8. The van der Waals surface area contributed by atoms with E-state index in [1.54, 1.807) is 0 Å². The van der Waals surface area contributed by atoms with Crippen LogP contribution in [0, 0.1) is 0 Å². The molecule has 1 saturated heterocycles. The summed E-state index contributed by atoms with van der Waals surface area (Å²) in [5.74, 6) is 0.923. The monoisotopic (exact) mass is 294 g/mol. The molecule has 1 amide bonds. The van der Waals surface area contributed by atoms with Gasteiger partial charge in [0.2, 0.25) is 0 Å². The fourth-order valence-corrected chi connectivity index (χ4v) is 3.03. The molecule has 4 heteroatoms. The molecule has 0 atom stereocenters. The Labute approximate surface area is 129 Å². The average Bonchev–Trinajstić information content (AvgIpc) is 2.87. The number of amides is 1. The number of hydrogen-bond acceptors (Lipinski definition) is 3. The molecule has 2 heterocycles. The van der Waals surface area contributed by atoms with Crippen molar-refractivity contribution in [1.29, 1.82) is 0 Å². The van der Waals surface area contributed by atoms with Gasteiger partial charge in [-0.25, -0.2) is 0 Å². The van der Waals surface area contributed by atoms with Crippen LogP contribution in [0.15, 0.2) is 42.5 Å². The zero-order chi connectivity index (χ0) is 15.1. The first-order chi connectivity index (χ1) is 10.7. The fourth-order valence-electron chi connectivity index (χ4n) is 3.03. The number of likely N-dealkylation sites (tertiary alicyclic amines) is 1. The van der Waals surface area contributed by atoms with Gasteiger partial charge >= 0.3 is 0 Å². The van der Waals surface area contributed by atoms with Crippen molar-refractivity contribution < 1.29 is 9.53 Å². The van der Waals surface area contributed by atoms with Gasteiger partial charge < -0.3 is 10.1 Å². The summed E-state index contributed by atoms with van der Waals surface area (Å²) in [6.45, 7) is 2.61. The number of nitrogens with one attached hydrogen (secondary N) is 1. The van der Waals surface area contributed by atoms with E-state index in [0.29, 0.717) is 12.6 Å². The Balaban J connectivity index is 1.53. The Morgan fingerprint density at radius 3 is 2.55 bits per heavy atom. The van der Waals surface area contributed by atoms with Crippen molar-refractivity contribution in [3.63, 3.8) is 0 Å². The summed E-state index contributed by atoms with van der Waals surface area (Å²) < 4.78 is 5.90. The molecule has 2 aliphatic heterocycles. The number of carbonyl (C=O) groups excluding carboxylic acids is 1. The Morgan fingerprint density at radius 2 is 1.82 bits per heavy atom. The number of hydrogen-bond donors (Lipinski definition) is 1. The Bertz CT molecular complexity index is 718.